The molecule has 312 valence electrons. The number of nitrogens with two attached hydrogens (primary N) is 1. The summed E-state index contributed by atoms with van der Waals surface area (Å²) < 4.78 is 32.6. The second kappa shape index (κ2) is 40.6. The van der Waals surface area contributed by atoms with Crippen molar-refractivity contribution in [2.75, 3.05) is 26.4 Å². The quantitative estimate of drug-likeness (QED) is 0.0273. The van der Waals surface area contributed by atoms with Gasteiger partial charge in [0.25, 0.3) is 0 Å². The minimum atomic E-state index is -4.40. The molecular weight excluding hydrogens is 713 g/mol. The van der Waals surface area contributed by atoms with Gasteiger partial charge in [-0.15, -0.1) is 0 Å². The second-order valence-electron chi connectivity index (χ2n) is 13.1. The number of ether oxygens (including phenoxy) is 2. The van der Waals surface area contributed by atoms with Crippen LogP contribution in [0.3, 0.4) is 0 Å². The van der Waals surface area contributed by atoms with Crippen LogP contribution < -0.4 is 5.73 Å². The van der Waals surface area contributed by atoms with E-state index in [0.717, 1.165) is 77.0 Å². The fourth-order valence-corrected chi connectivity index (χ4v) is 5.67. The molecule has 0 bridgehead atoms. The van der Waals surface area contributed by atoms with Crippen LogP contribution in [0.25, 0.3) is 0 Å². The Kier molecular flexibility index (Phi) is 38.3. The summed E-state index contributed by atoms with van der Waals surface area (Å²) in [5.41, 5.74) is 5.34. The van der Waals surface area contributed by atoms with E-state index < -0.39 is 32.5 Å². The fourth-order valence-electron chi connectivity index (χ4n) is 4.91. The monoisotopic (exact) mass is 788 g/mol. The Balaban J connectivity index is 4.35. The van der Waals surface area contributed by atoms with Crippen molar-refractivity contribution >= 4 is 19.8 Å². The first-order valence-electron chi connectivity index (χ1n) is 20.7. The standard InChI is InChI=1S/C45H74NO8P/c1-3-5-7-9-11-13-15-17-19-21-23-25-27-29-31-33-35-37-44(47)51-41-43(42-53-55(49,50)52-40-39-46)54-45(48)38-36-34-32-30-28-26-24-22-20-18-16-14-12-10-8-6-4-2/h5,7,11-14,17-20,23-26,30,32,43H,3-4,6,8-10,15-16,21-22,27-29,31,33-42,46H2,1-2H3,(H,49,50). The van der Waals surface area contributed by atoms with Gasteiger partial charge in [0.1, 0.15) is 6.61 Å². The number of allylic oxidation sites excluding steroid dienone is 16. The number of hydrogen-bond donors (Lipinski definition) is 2. The second-order valence-corrected chi connectivity index (χ2v) is 14.6. The van der Waals surface area contributed by atoms with Crippen LogP contribution in [-0.4, -0.2) is 49.3 Å². The van der Waals surface area contributed by atoms with Crippen LogP contribution in [0.5, 0.6) is 0 Å². The van der Waals surface area contributed by atoms with Gasteiger partial charge in [-0.2, -0.15) is 0 Å². The topological polar surface area (TPSA) is 134 Å². The third kappa shape index (κ3) is 40.4. The zero-order chi connectivity index (χ0) is 40.3. The van der Waals surface area contributed by atoms with E-state index in [1.54, 1.807) is 0 Å². The summed E-state index contributed by atoms with van der Waals surface area (Å²) in [6.45, 7) is 3.46. The van der Waals surface area contributed by atoms with Crippen LogP contribution in [0.1, 0.15) is 142 Å². The molecule has 0 saturated heterocycles. The third-order valence-electron chi connectivity index (χ3n) is 7.95. The van der Waals surface area contributed by atoms with Gasteiger partial charge < -0.3 is 20.1 Å². The van der Waals surface area contributed by atoms with E-state index in [1.807, 2.05) is 6.08 Å². The molecule has 2 unspecified atom stereocenters. The van der Waals surface area contributed by atoms with E-state index in [9.17, 15) is 19.0 Å². The van der Waals surface area contributed by atoms with Crippen molar-refractivity contribution in [3.05, 3.63) is 97.2 Å². The van der Waals surface area contributed by atoms with Crippen molar-refractivity contribution in [3.63, 3.8) is 0 Å². The zero-order valence-electron chi connectivity index (χ0n) is 34.1. The molecule has 0 aliphatic heterocycles. The number of unbranched alkanes of at least 4 members (excludes halogenated alkanes) is 8. The molecular formula is C45H74NO8P. The largest absolute Gasteiger partial charge is 0.472 e. The highest BCUT2D eigenvalue weighted by atomic mass is 31.2. The van der Waals surface area contributed by atoms with Gasteiger partial charge in [0.15, 0.2) is 6.10 Å². The molecule has 0 fully saturated rings. The maximum atomic E-state index is 12.5. The molecule has 0 aromatic rings. The molecule has 2 atom stereocenters. The Morgan fingerprint density at radius 1 is 0.564 bits per heavy atom. The first kappa shape index (κ1) is 51.9. The third-order valence-corrected chi connectivity index (χ3v) is 8.94. The predicted molar refractivity (Wildman–Crippen MR) is 228 cm³/mol. The summed E-state index contributed by atoms with van der Waals surface area (Å²) in [5, 5.41) is 0. The number of carbonyl (C=O) groups excluding carboxylic acids is 2. The Hall–Kier alpha value is -3.07. The smallest absolute Gasteiger partial charge is 0.462 e. The maximum Gasteiger partial charge on any atom is 0.472 e. The minimum Gasteiger partial charge on any atom is -0.462 e. The van der Waals surface area contributed by atoms with Crippen molar-refractivity contribution in [2.24, 2.45) is 5.73 Å². The molecule has 9 nitrogen and oxygen atoms in total. The highest BCUT2D eigenvalue weighted by Crippen LogP contribution is 2.43. The number of esters is 2. The highest BCUT2D eigenvalue weighted by Gasteiger charge is 2.25. The van der Waals surface area contributed by atoms with Gasteiger partial charge in [0.2, 0.25) is 0 Å². The number of carbonyl (C=O) groups is 2. The summed E-state index contributed by atoms with van der Waals surface area (Å²) in [6, 6.07) is 0. The molecule has 0 aromatic heterocycles. The molecule has 10 heteroatoms. The molecule has 3 N–H and O–H groups in total. The fraction of sp³-hybridized carbons (Fsp3) is 0.600. The van der Waals surface area contributed by atoms with Crippen LogP contribution in [0.2, 0.25) is 0 Å². The molecule has 0 saturated carbocycles. The number of hydrogen-bond acceptors (Lipinski definition) is 8. The molecule has 0 rings (SSSR count). The van der Waals surface area contributed by atoms with Gasteiger partial charge in [0, 0.05) is 19.4 Å². The van der Waals surface area contributed by atoms with Crippen LogP contribution in [-0.2, 0) is 32.7 Å². The zero-order valence-corrected chi connectivity index (χ0v) is 35.0. The first-order chi connectivity index (χ1) is 26.8. The lowest BCUT2D eigenvalue weighted by atomic mass is 10.1. The molecule has 0 amide bonds. The van der Waals surface area contributed by atoms with Gasteiger partial charge >= 0.3 is 19.8 Å². The van der Waals surface area contributed by atoms with E-state index in [0.29, 0.717) is 19.3 Å². The van der Waals surface area contributed by atoms with Crippen molar-refractivity contribution in [2.45, 2.75) is 148 Å². The summed E-state index contributed by atoms with van der Waals surface area (Å²) in [4.78, 5) is 34.8. The maximum absolute atomic E-state index is 12.5. The number of phosphoric acid groups is 1. The Bertz CT molecular complexity index is 1220. The van der Waals surface area contributed by atoms with Gasteiger partial charge in [0.05, 0.1) is 13.2 Å². The van der Waals surface area contributed by atoms with Gasteiger partial charge in [-0.05, 0) is 89.9 Å². The first-order valence-corrected chi connectivity index (χ1v) is 22.2. The number of phosphoric ester groups is 1. The SMILES string of the molecule is CCC=CCC=CCC=CCC=CCCCCCCC(=O)OCC(COP(=O)(O)OCCN)OC(=O)CCCC=CCC=CCC=CCC=CCCCCC. The lowest BCUT2D eigenvalue weighted by Crippen LogP contribution is -2.29. The van der Waals surface area contributed by atoms with E-state index in [4.69, 9.17) is 24.3 Å². The lowest BCUT2D eigenvalue weighted by Gasteiger charge is -2.19. The molecule has 0 aliphatic carbocycles. The molecule has 0 aromatic carbocycles. The van der Waals surface area contributed by atoms with E-state index >= 15 is 0 Å². The van der Waals surface area contributed by atoms with Gasteiger partial charge in [-0.3, -0.25) is 18.6 Å². The average Bonchev–Trinajstić information content (AvgIpc) is 3.17. The van der Waals surface area contributed by atoms with Crippen LogP contribution in [0.15, 0.2) is 97.2 Å². The molecule has 0 heterocycles. The molecule has 0 spiro atoms. The average molecular weight is 788 g/mol. The van der Waals surface area contributed by atoms with E-state index in [2.05, 4.69) is 105 Å². The van der Waals surface area contributed by atoms with Crippen molar-refractivity contribution in [1.82, 2.24) is 0 Å². The van der Waals surface area contributed by atoms with Crippen LogP contribution >= 0.6 is 7.82 Å². The summed E-state index contributed by atoms with van der Waals surface area (Å²) >= 11 is 0. The molecule has 0 aliphatic rings. The minimum absolute atomic E-state index is 0.0355. The van der Waals surface area contributed by atoms with E-state index in [1.165, 1.54) is 19.3 Å². The molecule has 55 heavy (non-hydrogen) atoms. The van der Waals surface area contributed by atoms with Crippen molar-refractivity contribution in [3.8, 4) is 0 Å². The van der Waals surface area contributed by atoms with Crippen molar-refractivity contribution < 1.29 is 37.6 Å². The summed E-state index contributed by atoms with van der Waals surface area (Å²) in [7, 11) is -4.40. The normalized spacial score (nSPS) is 14.3. The van der Waals surface area contributed by atoms with Gasteiger partial charge in [-0.25, -0.2) is 4.57 Å². The van der Waals surface area contributed by atoms with E-state index in [-0.39, 0.29) is 32.6 Å². The highest BCUT2D eigenvalue weighted by molar-refractivity contribution is 7.47. The Morgan fingerprint density at radius 2 is 1.02 bits per heavy atom. The van der Waals surface area contributed by atoms with Crippen LogP contribution in [0.4, 0.5) is 0 Å². The van der Waals surface area contributed by atoms with Crippen LogP contribution in [0, 0.1) is 0 Å². The summed E-state index contributed by atoms with van der Waals surface area (Å²) in [5.74, 6) is -0.934. The lowest BCUT2D eigenvalue weighted by molar-refractivity contribution is -0.161. The Labute approximate surface area is 334 Å². The molecule has 0 radical (unpaired) electrons. The number of rotatable bonds is 37. The Morgan fingerprint density at radius 3 is 1.53 bits per heavy atom. The van der Waals surface area contributed by atoms with Gasteiger partial charge in [-0.1, -0.05) is 137 Å². The summed E-state index contributed by atoms with van der Waals surface area (Å²) in [6.07, 6.45) is 51.6. The predicted octanol–water partition coefficient (Wildman–Crippen LogP) is 11.8. The van der Waals surface area contributed by atoms with Crippen molar-refractivity contribution in [1.29, 1.82) is 0 Å².